The molecule has 2 heterocycles. The Kier molecular flexibility index (Phi) is 7.37. The minimum Gasteiger partial charge on any atom is -0.388 e. The van der Waals surface area contributed by atoms with Gasteiger partial charge in [-0.15, -0.1) is 0 Å². The highest BCUT2D eigenvalue weighted by Gasteiger charge is 2.44. The number of carbonyl (C=O) groups is 1. The number of aromatic nitrogens is 4. The van der Waals surface area contributed by atoms with E-state index in [2.05, 4.69) is 20.4 Å². The number of rotatable bonds is 9. The molecule has 0 unspecified atom stereocenters. The van der Waals surface area contributed by atoms with Crippen LogP contribution in [0.4, 0.5) is 14.6 Å². The van der Waals surface area contributed by atoms with Crippen LogP contribution in [-0.4, -0.2) is 75.6 Å². The summed E-state index contributed by atoms with van der Waals surface area (Å²) in [5.41, 5.74) is 0.459. The smallest absolute Gasteiger partial charge is 0.335 e. The van der Waals surface area contributed by atoms with Gasteiger partial charge in [-0.25, -0.2) is 18.7 Å². The van der Waals surface area contributed by atoms with Crippen molar-refractivity contribution in [2.45, 2.75) is 37.3 Å². The molecule has 192 valence electrons. The molecule has 1 saturated carbocycles. The third-order valence-electron chi connectivity index (χ3n) is 5.61. The van der Waals surface area contributed by atoms with Crippen molar-refractivity contribution in [1.29, 1.82) is 0 Å². The largest absolute Gasteiger partial charge is 0.388 e. The maximum atomic E-state index is 13.5. The number of aliphatic hydroxyl groups excluding tert-OH is 2. The summed E-state index contributed by atoms with van der Waals surface area (Å²) in [6, 6.07) is 3.96. The first-order valence-electron chi connectivity index (χ1n) is 10.6. The van der Waals surface area contributed by atoms with Crippen LogP contribution in [0.5, 0.6) is 0 Å². The van der Waals surface area contributed by atoms with E-state index in [0.717, 1.165) is 25.5 Å². The van der Waals surface area contributed by atoms with Crippen LogP contribution in [0, 0.1) is 11.6 Å². The number of nitrogens with zero attached hydrogens (tertiary/aromatic N) is 4. The van der Waals surface area contributed by atoms with Crippen molar-refractivity contribution in [3.63, 3.8) is 0 Å². The van der Waals surface area contributed by atoms with Gasteiger partial charge >= 0.3 is 10.3 Å². The summed E-state index contributed by atoms with van der Waals surface area (Å²) in [5, 5.41) is 27.6. The fraction of sp³-hybridized carbons (Fsp3) is 0.333. The maximum absolute atomic E-state index is 13.5. The summed E-state index contributed by atoms with van der Waals surface area (Å²) in [5.74, 6) is -2.51. The molecular formula is C21H22F2N6O6S. The Balaban J connectivity index is 1.49. The van der Waals surface area contributed by atoms with Gasteiger partial charge in [0.1, 0.15) is 36.2 Å². The molecule has 0 saturated heterocycles. The highest BCUT2D eigenvalue weighted by Crippen LogP contribution is 2.28. The average molecular weight is 525 g/mol. The molecule has 12 nitrogen and oxygen atoms in total. The van der Waals surface area contributed by atoms with Crippen molar-refractivity contribution in [3.8, 4) is 0 Å². The van der Waals surface area contributed by atoms with E-state index in [-0.39, 0.29) is 30.0 Å². The first-order chi connectivity index (χ1) is 17.1. The van der Waals surface area contributed by atoms with Crippen molar-refractivity contribution >= 4 is 21.9 Å². The minimum atomic E-state index is -4.12. The summed E-state index contributed by atoms with van der Waals surface area (Å²) in [6.07, 6.45) is -0.380. The molecule has 36 heavy (non-hydrogen) atoms. The second-order valence-corrected chi connectivity index (χ2v) is 9.53. The number of carbonyl (C=O) groups excluding carboxylic acids is 1. The molecule has 0 aliphatic heterocycles. The van der Waals surface area contributed by atoms with Crippen molar-refractivity contribution in [2.75, 3.05) is 12.4 Å². The number of aliphatic hydroxyl groups is 2. The quantitative estimate of drug-likeness (QED) is 0.279. The third-order valence-corrected chi connectivity index (χ3v) is 6.61. The predicted molar refractivity (Wildman–Crippen MR) is 120 cm³/mol. The number of anilines is 1. The van der Waals surface area contributed by atoms with E-state index in [4.69, 9.17) is 4.18 Å². The fourth-order valence-corrected chi connectivity index (χ4v) is 4.37. The molecule has 1 fully saturated rings. The van der Waals surface area contributed by atoms with Crippen molar-refractivity contribution in [1.82, 2.24) is 24.5 Å². The van der Waals surface area contributed by atoms with Gasteiger partial charge in [0.05, 0.1) is 18.2 Å². The fourth-order valence-electron chi connectivity index (χ4n) is 3.76. The monoisotopic (exact) mass is 524 g/mol. The van der Waals surface area contributed by atoms with E-state index in [1.807, 2.05) is 4.72 Å². The molecule has 0 amide bonds. The molecule has 0 bridgehead atoms. The first-order valence-corrected chi connectivity index (χ1v) is 12.1. The number of hydrogen-bond donors (Lipinski definition) is 4. The van der Waals surface area contributed by atoms with Crippen LogP contribution in [0.15, 0.2) is 43.0 Å². The van der Waals surface area contributed by atoms with Gasteiger partial charge in [-0.05, 0) is 23.8 Å². The Morgan fingerprint density at radius 1 is 1.22 bits per heavy atom. The van der Waals surface area contributed by atoms with Gasteiger partial charge in [-0.1, -0.05) is 6.07 Å². The van der Waals surface area contributed by atoms with Crippen molar-refractivity contribution < 1.29 is 36.4 Å². The molecule has 4 N–H and O–H groups in total. The molecule has 4 atom stereocenters. The predicted octanol–water partition coefficient (Wildman–Crippen LogP) is -0.0140. The Bertz CT molecular complexity index is 1370. The second-order valence-electron chi connectivity index (χ2n) is 8.02. The van der Waals surface area contributed by atoms with Crippen LogP contribution in [0.1, 0.15) is 28.0 Å². The lowest BCUT2D eigenvalue weighted by Gasteiger charge is -2.19. The zero-order valence-corrected chi connectivity index (χ0v) is 19.6. The first kappa shape index (κ1) is 25.7. The lowest BCUT2D eigenvalue weighted by atomic mass is 10.1. The lowest BCUT2D eigenvalue weighted by Crippen LogP contribution is -2.38. The molecule has 0 spiro atoms. The molecule has 3 aromatic rings. The van der Waals surface area contributed by atoms with Crippen molar-refractivity contribution in [3.05, 3.63) is 71.4 Å². The maximum Gasteiger partial charge on any atom is 0.335 e. The van der Waals surface area contributed by atoms with Crippen LogP contribution in [0.3, 0.4) is 0 Å². The Morgan fingerprint density at radius 3 is 2.72 bits per heavy atom. The number of hydrogen-bond acceptors (Lipinski definition) is 10. The minimum absolute atomic E-state index is 0.00415. The summed E-state index contributed by atoms with van der Waals surface area (Å²) < 4.78 is 58.1. The zero-order valence-electron chi connectivity index (χ0n) is 18.7. The molecule has 4 rings (SSSR count). The molecular weight excluding hydrogens is 502 g/mol. The van der Waals surface area contributed by atoms with Gasteiger partial charge in [0.2, 0.25) is 5.78 Å². The number of ketones is 1. The van der Waals surface area contributed by atoms with Gasteiger partial charge in [0.25, 0.3) is 0 Å². The molecule has 2 aromatic heterocycles. The number of benzene rings is 1. The molecule has 1 aliphatic rings. The second kappa shape index (κ2) is 10.3. The third kappa shape index (κ3) is 5.55. The number of halogens is 2. The molecule has 1 aromatic carbocycles. The topological polar surface area (TPSA) is 169 Å². The van der Waals surface area contributed by atoms with Gasteiger partial charge in [0.15, 0.2) is 11.6 Å². The van der Waals surface area contributed by atoms with E-state index in [0.29, 0.717) is 5.56 Å². The Labute approximate surface area is 204 Å². The lowest BCUT2D eigenvalue weighted by molar-refractivity contribution is -0.00882. The van der Waals surface area contributed by atoms with Gasteiger partial charge in [-0.2, -0.15) is 18.2 Å². The van der Waals surface area contributed by atoms with Gasteiger partial charge in [-0.3, -0.25) is 13.7 Å². The van der Waals surface area contributed by atoms with Crippen LogP contribution in [0.25, 0.3) is 0 Å². The summed E-state index contributed by atoms with van der Waals surface area (Å²) in [7, 11) is -2.98. The van der Waals surface area contributed by atoms with Crippen LogP contribution >= 0.6 is 0 Å². The normalized spacial score (nSPS) is 22.0. The molecule has 0 radical (unpaired) electrons. The highest BCUT2D eigenvalue weighted by atomic mass is 32.2. The standard InChI is InChI=1S/C21H22F2N6O6S/c1-24-36(33,34)35-17-7-16(19(31)20(17)32)27-21-12(8-25-10-26-21)18(30)15-4-5-29(28-15)9-11-2-3-13(22)14(23)6-11/h2-6,8,10,16-17,19-20,24,31-32H,7,9H2,1H3,(H,25,26,27)/t16-,17-,19+,20+/m1/s1. The van der Waals surface area contributed by atoms with Crippen LogP contribution in [-0.2, 0) is 21.0 Å². The van der Waals surface area contributed by atoms with Crippen molar-refractivity contribution in [2.24, 2.45) is 0 Å². The Hall–Kier alpha value is -3.37. The summed E-state index contributed by atoms with van der Waals surface area (Å²) in [4.78, 5) is 21.0. The van der Waals surface area contributed by atoms with E-state index < -0.39 is 52.1 Å². The Morgan fingerprint density at radius 2 is 2.00 bits per heavy atom. The summed E-state index contributed by atoms with van der Waals surface area (Å²) in [6.45, 7) is 0.0872. The van der Waals surface area contributed by atoms with E-state index in [9.17, 15) is 32.2 Å². The SMILES string of the molecule is CNS(=O)(=O)O[C@@H]1C[C@@H](Nc2ncncc2C(=O)c2ccn(Cc3ccc(F)c(F)c3)n2)[C@H](O)[C@H]1O. The van der Waals surface area contributed by atoms with Gasteiger partial charge in [0, 0.05) is 25.9 Å². The molecule has 1 aliphatic carbocycles. The van der Waals surface area contributed by atoms with Gasteiger partial charge < -0.3 is 15.5 Å². The summed E-state index contributed by atoms with van der Waals surface area (Å²) >= 11 is 0. The van der Waals surface area contributed by atoms with E-state index in [1.165, 1.54) is 29.2 Å². The molecule has 15 heteroatoms. The van der Waals surface area contributed by atoms with E-state index in [1.54, 1.807) is 0 Å². The van der Waals surface area contributed by atoms with E-state index >= 15 is 0 Å². The highest BCUT2D eigenvalue weighted by molar-refractivity contribution is 7.84. The average Bonchev–Trinajstić information content (AvgIpc) is 3.41. The van der Waals surface area contributed by atoms with Crippen LogP contribution < -0.4 is 10.0 Å². The van der Waals surface area contributed by atoms with Crippen LogP contribution in [0.2, 0.25) is 0 Å². The number of nitrogens with one attached hydrogen (secondary N) is 2. The zero-order chi connectivity index (χ0) is 26.0.